The number of para-hydroxylation sites is 1. The standard InChI is InChI=1S/C43H51ClN4O7/c1-25-18-30(19-26(2)45-25)29-16-14-27(15-17-29)22-34(46-41(52)39(43(3,4)5)48-42(53)54-6)35(49)23-31(20-28-10-9-11-32(44)21-28)40(51)47-38-33-12-7-8-13-37(33)55-24-36(38)50/h7-19,21,31,34-36,38-39,49-50H,20,22-24H2,1-6H3,(H,46,52)(H,47,51)(H,48,53). The molecule has 0 saturated heterocycles. The van der Waals surface area contributed by atoms with Crippen LogP contribution < -0.4 is 20.7 Å². The van der Waals surface area contributed by atoms with E-state index in [9.17, 15) is 24.6 Å². The molecular weight excluding hydrogens is 720 g/mol. The molecule has 3 aromatic carbocycles. The second-order valence-corrected chi connectivity index (χ2v) is 15.8. The predicted molar refractivity (Wildman–Crippen MR) is 212 cm³/mol. The van der Waals surface area contributed by atoms with E-state index >= 15 is 0 Å². The van der Waals surface area contributed by atoms with Crippen LogP contribution in [0.5, 0.6) is 5.75 Å². The molecule has 292 valence electrons. The van der Waals surface area contributed by atoms with Gasteiger partial charge in [0.05, 0.1) is 25.3 Å². The Morgan fingerprint density at radius 3 is 2.24 bits per heavy atom. The smallest absolute Gasteiger partial charge is 0.407 e. The summed E-state index contributed by atoms with van der Waals surface area (Å²) in [6.07, 6.45) is -2.60. The number of methoxy groups -OCH3 is 1. The van der Waals surface area contributed by atoms with Crippen molar-refractivity contribution in [1.82, 2.24) is 20.9 Å². The van der Waals surface area contributed by atoms with E-state index in [4.69, 9.17) is 21.1 Å². The summed E-state index contributed by atoms with van der Waals surface area (Å²) in [4.78, 5) is 45.0. The van der Waals surface area contributed by atoms with E-state index < -0.39 is 59.6 Å². The van der Waals surface area contributed by atoms with E-state index in [0.717, 1.165) is 33.6 Å². The van der Waals surface area contributed by atoms with Gasteiger partial charge >= 0.3 is 6.09 Å². The Morgan fingerprint density at radius 2 is 1.58 bits per heavy atom. The molecule has 0 radical (unpaired) electrons. The Labute approximate surface area is 327 Å². The number of aryl methyl sites for hydroxylation is 2. The van der Waals surface area contributed by atoms with E-state index in [1.165, 1.54) is 7.11 Å². The number of carbonyl (C=O) groups is 3. The third-order valence-electron chi connectivity index (χ3n) is 9.81. The van der Waals surface area contributed by atoms with Gasteiger partial charge < -0.3 is 35.6 Å². The van der Waals surface area contributed by atoms with E-state index in [1.807, 2.05) is 89.2 Å². The summed E-state index contributed by atoms with van der Waals surface area (Å²) >= 11 is 6.33. The fourth-order valence-electron chi connectivity index (χ4n) is 6.97. The first-order valence-electron chi connectivity index (χ1n) is 18.4. The average Bonchev–Trinajstić information content (AvgIpc) is 3.13. The molecule has 11 nitrogen and oxygen atoms in total. The summed E-state index contributed by atoms with van der Waals surface area (Å²) in [6, 6.07) is 23.6. The maximum Gasteiger partial charge on any atom is 0.407 e. The van der Waals surface area contributed by atoms with Gasteiger partial charge in [0.15, 0.2) is 0 Å². The quantitative estimate of drug-likeness (QED) is 0.110. The molecule has 55 heavy (non-hydrogen) atoms. The lowest BCUT2D eigenvalue weighted by Gasteiger charge is -2.34. The third kappa shape index (κ3) is 11.1. The molecule has 0 aliphatic carbocycles. The van der Waals surface area contributed by atoms with E-state index in [1.54, 1.807) is 30.3 Å². The van der Waals surface area contributed by atoms with Gasteiger partial charge in [-0.15, -0.1) is 0 Å². The van der Waals surface area contributed by atoms with Crippen molar-refractivity contribution >= 4 is 29.5 Å². The number of rotatable bonds is 13. The number of hydrogen-bond acceptors (Lipinski definition) is 8. The first-order valence-corrected chi connectivity index (χ1v) is 18.8. The highest BCUT2D eigenvalue weighted by Crippen LogP contribution is 2.33. The van der Waals surface area contributed by atoms with Gasteiger partial charge in [0.2, 0.25) is 11.8 Å². The maximum atomic E-state index is 14.2. The molecule has 1 aliphatic rings. The lowest BCUT2D eigenvalue weighted by atomic mass is 9.85. The van der Waals surface area contributed by atoms with E-state index in [-0.39, 0.29) is 25.9 Å². The topological polar surface area (TPSA) is 159 Å². The van der Waals surface area contributed by atoms with Crippen molar-refractivity contribution in [2.45, 2.75) is 84.2 Å². The van der Waals surface area contributed by atoms with Crippen LogP contribution in [-0.4, -0.2) is 71.1 Å². The first-order chi connectivity index (χ1) is 26.1. The van der Waals surface area contributed by atoms with Crippen molar-refractivity contribution in [3.63, 3.8) is 0 Å². The molecular formula is C43H51ClN4O7. The summed E-state index contributed by atoms with van der Waals surface area (Å²) in [7, 11) is 1.22. The zero-order chi connectivity index (χ0) is 39.9. The lowest BCUT2D eigenvalue weighted by molar-refractivity contribution is -0.128. The minimum absolute atomic E-state index is 0.00533. The number of aliphatic hydroxyl groups excluding tert-OH is 2. The molecule has 12 heteroatoms. The van der Waals surface area contributed by atoms with Gasteiger partial charge in [0, 0.05) is 27.9 Å². The summed E-state index contributed by atoms with van der Waals surface area (Å²) in [6.45, 7) is 9.34. The summed E-state index contributed by atoms with van der Waals surface area (Å²) in [5.74, 6) is -1.14. The molecule has 6 atom stereocenters. The van der Waals surface area contributed by atoms with Crippen LogP contribution in [0.4, 0.5) is 4.79 Å². The van der Waals surface area contributed by atoms with Crippen molar-refractivity contribution in [2.24, 2.45) is 11.3 Å². The molecule has 5 rings (SSSR count). The lowest BCUT2D eigenvalue weighted by Crippen LogP contribution is -2.57. The van der Waals surface area contributed by atoms with Crippen molar-refractivity contribution in [2.75, 3.05) is 13.7 Å². The van der Waals surface area contributed by atoms with Gasteiger partial charge in [0.25, 0.3) is 0 Å². The van der Waals surface area contributed by atoms with Crippen molar-refractivity contribution in [3.05, 3.63) is 118 Å². The van der Waals surface area contributed by atoms with Gasteiger partial charge in [-0.2, -0.15) is 0 Å². The molecule has 0 saturated carbocycles. The van der Waals surface area contributed by atoms with Gasteiger partial charge in [-0.25, -0.2) is 4.79 Å². The Kier molecular flexibility index (Phi) is 13.6. The molecule has 6 unspecified atom stereocenters. The number of aromatic nitrogens is 1. The highest BCUT2D eigenvalue weighted by atomic mass is 35.5. The van der Waals surface area contributed by atoms with Crippen molar-refractivity contribution in [3.8, 4) is 16.9 Å². The average molecular weight is 771 g/mol. The maximum absolute atomic E-state index is 14.2. The van der Waals surface area contributed by atoms with Crippen LogP contribution in [0.25, 0.3) is 11.1 Å². The molecule has 0 fully saturated rings. The molecule has 0 spiro atoms. The fourth-order valence-corrected chi connectivity index (χ4v) is 7.18. The summed E-state index contributed by atoms with van der Waals surface area (Å²) < 4.78 is 10.5. The van der Waals surface area contributed by atoms with Gasteiger partial charge in [-0.05, 0) is 91.1 Å². The van der Waals surface area contributed by atoms with Crippen LogP contribution in [-0.2, 0) is 27.2 Å². The highest BCUT2D eigenvalue weighted by Gasteiger charge is 2.37. The summed E-state index contributed by atoms with van der Waals surface area (Å²) in [5, 5.41) is 32.2. The second-order valence-electron chi connectivity index (χ2n) is 15.3. The Hall–Kier alpha value is -4.97. The SMILES string of the molecule is COC(=O)NC(C(=O)NC(Cc1ccc(-c2cc(C)nc(C)c2)cc1)C(O)CC(Cc1cccc(Cl)c1)C(=O)NC1c2ccccc2OCC1O)C(C)(C)C. The van der Waals surface area contributed by atoms with E-state index in [0.29, 0.717) is 16.3 Å². The van der Waals surface area contributed by atoms with Gasteiger partial charge in [0.1, 0.15) is 24.5 Å². The number of ether oxygens (including phenoxy) is 2. The number of amides is 3. The molecule has 4 aromatic rings. The zero-order valence-electron chi connectivity index (χ0n) is 32.1. The number of alkyl carbamates (subject to hydrolysis) is 1. The number of carbonyl (C=O) groups excluding carboxylic acids is 3. The summed E-state index contributed by atoms with van der Waals surface area (Å²) in [5.41, 5.74) is 5.37. The van der Waals surface area contributed by atoms with Crippen LogP contribution in [0.2, 0.25) is 5.02 Å². The molecule has 3 amide bonds. The number of hydrogen-bond donors (Lipinski definition) is 5. The van der Waals surface area contributed by atoms with Crippen LogP contribution in [0.15, 0.2) is 84.9 Å². The van der Waals surface area contributed by atoms with Crippen molar-refractivity contribution < 1.29 is 34.1 Å². The number of nitrogens with zero attached hydrogens (tertiary/aromatic N) is 1. The molecule has 1 aromatic heterocycles. The van der Waals surface area contributed by atoms with Crippen LogP contribution in [0.1, 0.15) is 61.3 Å². The molecule has 2 heterocycles. The first kappa shape index (κ1) is 41.2. The molecule has 0 bridgehead atoms. The molecule has 5 N–H and O–H groups in total. The molecule has 1 aliphatic heterocycles. The third-order valence-corrected chi connectivity index (χ3v) is 10.0. The highest BCUT2D eigenvalue weighted by molar-refractivity contribution is 6.30. The number of fused-ring (bicyclic) bond motifs is 1. The normalized spacial score (nSPS) is 17.4. The van der Waals surface area contributed by atoms with Crippen LogP contribution in [0.3, 0.4) is 0 Å². The number of halogens is 1. The fraction of sp³-hybridized carbons (Fsp3) is 0.395. The minimum Gasteiger partial charge on any atom is -0.490 e. The number of aliphatic hydroxyl groups is 2. The van der Waals surface area contributed by atoms with Gasteiger partial charge in [-0.3, -0.25) is 14.6 Å². The van der Waals surface area contributed by atoms with Crippen LogP contribution >= 0.6 is 11.6 Å². The Morgan fingerprint density at radius 1 is 0.891 bits per heavy atom. The number of nitrogens with one attached hydrogen (secondary N) is 3. The second kappa shape index (κ2) is 18.1. The van der Waals surface area contributed by atoms with Gasteiger partial charge in [-0.1, -0.05) is 87.0 Å². The number of pyridine rings is 1. The predicted octanol–water partition coefficient (Wildman–Crippen LogP) is 6.04. The monoisotopic (exact) mass is 770 g/mol. The number of benzene rings is 3. The Bertz CT molecular complexity index is 1950. The van der Waals surface area contributed by atoms with Crippen LogP contribution in [0, 0.1) is 25.2 Å². The Balaban J connectivity index is 1.45. The minimum atomic E-state index is -1.23. The largest absolute Gasteiger partial charge is 0.490 e. The van der Waals surface area contributed by atoms with Crippen molar-refractivity contribution in [1.29, 1.82) is 0 Å². The van der Waals surface area contributed by atoms with E-state index in [2.05, 4.69) is 20.9 Å². The zero-order valence-corrected chi connectivity index (χ0v) is 32.9.